The Morgan fingerprint density at radius 1 is 1.33 bits per heavy atom. The summed E-state index contributed by atoms with van der Waals surface area (Å²) < 4.78 is 0. The first-order valence-electron chi connectivity index (χ1n) is 9.54. The van der Waals surface area contributed by atoms with Gasteiger partial charge in [-0.1, -0.05) is 19.1 Å². The number of nitrogens with one attached hydrogen (secondary N) is 3. The Balaban J connectivity index is 0.00000364. The molecule has 0 aromatic heterocycles. The molecule has 1 fully saturated rings. The summed E-state index contributed by atoms with van der Waals surface area (Å²) in [6.45, 7) is 12.4. The molecule has 152 valence electrons. The standard InChI is InChI=1S/C20H33N5O.HI/c1-6-22-20(24-18-13-25(14(2)3)12-15(18)4)23-11-16-8-7-9-17(10-16)19(26)21-5;/h7-10,14-15,18H,6,11-13H2,1-5H3,(H,21,26)(H2,22,23,24);1H. The summed E-state index contributed by atoms with van der Waals surface area (Å²) >= 11 is 0. The predicted octanol–water partition coefficient (Wildman–Crippen LogP) is 2.45. The number of hydrogen-bond acceptors (Lipinski definition) is 3. The molecule has 1 aliphatic rings. The van der Waals surface area contributed by atoms with Crippen LogP contribution in [0.25, 0.3) is 0 Å². The molecule has 1 aromatic carbocycles. The van der Waals surface area contributed by atoms with E-state index in [1.807, 2.05) is 24.3 Å². The average molecular weight is 487 g/mol. The van der Waals surface area contributed by atoms with Gasteiger partial charge in [0, 0.05) is 44.3 Å². The van der Waals surface area contributed by atoms with Gasteiger partial charge >= 0.3 is 0 Å². The smallest absolute Gasteiger partial charge is 0.251 e. The quantitative estimate of drug-likeness (QED) is 0.328. The van der Waals surface area contributed by atoms with Crippen LogP contribution in [0.15, 0.2) is 29.3 Å². The fourth-order valence-corrected chi connectivity index (χ4v) is 3.24. The Morgan fingerprint density at radius 2 is 2.07 bits per heavy atom. The summed E-state index contributed by atoms with van der Waals surface area (Å²) in [5.74, 6) is 1.34. The first-order valence-corrected chi connectivity index (χ1v) is 9.54. The van der Waals surface area contributed by atoms with Gasteiger partial charge in [-0.3, -0.25) is 9.69 Å². The lowest BCUT2D eigenvalue weighted by Gasteiger charge is -2.22. The van der Waals surface area contributed by atoms with E-state index in [0.717, 1.165) is 31.2 Å². The predicted molar refractivity (Wildman–Crippen MR) is 123 cm³/mol. The molecule has 2 rings (SSSR count). The van der Waals surface area contributed by atoms with Crippen LogP contribution >= 0.6 is 24.0 Å². The van der Waals surface area contributed by atoms with Gasteiger partial charge in [0.25, 0.3) is 5.91 Å². The summed E-state index contributed by atoms with van der Waals surface area (Å²) in [5, 5.41) is 9.58. The molecule has 1 aliphatic heterocycles. The van der Waals surface area contributed by atoms with E-state index < -0.39 is 0 Å². The number of hydrogen-bond donors (Lipinski definition) is 3. The van der Waals surface area contributed by atoms with Gasteiger partial charge in [-0.25, -0.2) is 4.99 Å². The zero-order valence-corrected chi connectivity index (χ0v) is 19.4. The van der Waals surface area contributed by atoms with Crippen LogP contribution in [-0.2, 0) is 6.54 Å². The highest BCUT2D eigenvalue weighted by atomic mass is 127. The first-order chi connectivity index (χ1) is 12.4. The maximum Gasteiger partial charge on any atom is 0.251 e. The topological polar surface area (TPSA) is 68.8 Å². The molecular formula is C20H34IN5O. The number of rotatable bonds is 6. The Morgan fingerprint density at radius 3 is 2.67 bits per heavy atom. The van der Waals surface area contributed by atoms with Crippen molar-refractivity contribution in [2.24, 2.45) is 10.9 Å². The summed E-state index contributed by atoms with van der Waals surface area (Å²) in [6, 6.07) is 8.57. The lowest BCUT2D eigenvalue weighted by atomic mass is 10.1. The Labute approximate surface area is 180 Å². The fourth-order valence-electron chi connectivity index (χ4n) is 3.24. The van der Waals surface area contributed by atoms with Gasteiger partial charge in [0.15, 0.2) is 5.96 Å². The SMILES string of the molecule is CCNC(=NCc1cccc(C(=O)NC)c1)NC1CN(C(C)C)CC1C.I. The van der Waals surface area contributed by atoms with Crippen molar-refractivity contribution in [3.05, 3.63) is 35.4 Å². The van der Waals surface area contributed by atoms with Gasteiger partial charge in [-0.05, 0) is 44.4 Å². The van der Waals surface area contributed by atoms with Crippen molar-refractivity contribution in [1.29, 1.82) is 0 Å². The average Bonchev–Trinajstić information content (AvgIpc) is 3.00. The number of halogens is 1. The molecule has 27 heavy (non-hydrogen) atoms. The second-order valence-electron chi connectivity index (χ2n) is 7.25. The van der Waals surface area contributed by atoms with Crippen molar-refractivity contribution in [3.8, 4) is 0 Å². The molecule has 2 unspecified atom stereocenters. The van der Waals surface area contributed by atoms with Crippen LogP contribution in [0.1, 0.15) is 43.6 Å². The molecule has 3 N–H and O–H groups in total. The molecule has 0 spiro atoms. The van der Waals surface area contributed by atoms with Crippen molar-refractivity contribution in [3.63, 3.8) is 0 Å². The molecule has 1 saturated heterocycles. The van der Waals surface area contributed by atoms with Crippen LogP contribution in [0.4, 0.5) is 0 Å². The van der Waals surface area contributed by atoms with E-state index in [0.29, 0.717) is 30.1 Å². The second-order valence-corrected chi connectivity index (χ2v) is 7.25. The number of guanidine groups is 1. The lowest BCUT2D eigenvalue weighted by Crippen LogP contribution is -2.46. The lowest BCUT2D eigenvalue weighted by molar-refractivity contribution is 0.0963. The number of carbonyl (C=O) groups excluding carboxylic acids is 1. The second kappa shape index (κ2) is 11.5. The number of likely N-dealkylation sites (tertiary alicyclic amines) is 1. The van der Waals surface area contributed by atoms with Gasteiger partial charge in [0.05, 0.1) is 6.54 Å². The number of benzene rings is 1. The summed E-state index contributed by atoms with van der Waals surface area (Å²) in [5.41, 5.74) is 1.68. The third-order valence-electron chi connectivity index (χ3n) is 4.87. The highest BCUT2D eigenvalue weighted by Gasteiger charge is 2.31. The first kappa shape index (κ1) is 23.7. The highest BCUT2D eigenvalue weighted by Crippen LogP contribution is 2.18. The molecule has 0 saturated carbocycles. The van der Waals surface area contributed by atoms with Crippen molar-refractivity contribution < 1.29 is 4.79 Å². The van der Waals surface area contributed by atoms with Crippen molar-refractivity contribution in [1.82, 2.24) is 20.9 Å². The van der Waals surface area contributed by atoms with Crippen molar-refractivity contribution in [2.75, 3.05) is 26.7 Å². The van der Waals surface area contributed by atoms with E-state index in [9.17, 15) is 4.79 Å². The molecule has 1 aromatic rings. The van der Waals surface area contributed by atoms with Gasteiger partial charge in [-0.15, -0.1) is 24.0 Å². The molecule has 1 heterocycles. The summed E-state index contributed by atoms with van der Waals surface area (Å²) in [7, 11) is 1.64. The molecule has 6 nitrogen and oxygen atoms in total. The van der Waals surface area contributed by atoms with E-state index in [2.05, 4.69) is 48.5 Å². The van der Waals surface area contributed by atoms with Gasteiger partial charge in [0.2, 0.25) is 0 Å². The molecule has 0 aliphatic carbocycles. The van der Waals surface area contributed by atoms with E-state index >= 15 is 0 Å². The molecule has 0 radical (unpaired) electrons. The largest absolute Gasteiger partial charge is 0.357 e. The summed E-state index contributed by atoms with van der Waals surface area (Å²) in [4.78, 5) is 19.0. The van der Waals surface area contributed by atoms with Gasteiger partial charge < -0.3 is 16.0 Å². The van der Waals surface area contributed by atoms with Crippen molar-refractivity contribution >= 4 is 35.8 Å². The number of nitrogens with zero attached hydrogens (tertiary/aromatic N) is 2. The van der Waals surface area contributed by atoms with Crippen LogP contribution in [0.3, 0.4) is 0 Å². The minimum atomic E-state index is -0.0746. The summed E-state index contributed by atoms with van der Waals surface area (Å²) in [6.07, 6.45) is 0. The maximum absolute atomic E-state index is 11.8. The number of aliphatic imine (C=N–C) groups is 1. The third kappa shape index (κ3) is 6.95. The fraction of sp³-hybridized carbons (Fsp3) is 0.600. The van der Waals surface area contributed by atoms with Crippen molar-refractivity contribution in [2.45, 2.75) is 46.3 Å². The minimum absolute atomic E-state index is 0. The van der Waals surface area contributed by atoms with Crippen LogP contribution < -0.4 is 16.0 Å². The molecule has 7 heteroatoms. The Hall–Kier alpha value is -1.35. The van der Waals surface area contributed by atoms with E-state index in [1.165, 1.54) is 0 Å². The molecule has 0 bridgehead atoms. The molecular weight excluding hydrogens is 453 g/mol. The Bertz CT molecular complexity index is 635. The highest BCUT2D eigenvalue weighted by molar-refractivity contribution is 14.0. The molecule has 2 atom stereocenters. The monoisotopic (exact) mass is 487 g/mol. The zero-order valence-electron chi connectivity index (χ0n) is 17.1. The maximum atomic E-state index is 11.8. The van der Waals surface area contributed by atoms with Crippen LogP contribution in [0.2, 0.25) is 0 Å². The number of carbonyl (C=O) groups is 1. The van der Waals surface area contributed by atoms with Gasteiger partial charge in [0.1, 0.15) is 0 Å². The normalized spacial score (nSPS) is 20.3. The minimum Gasteiger partial charge on any atom is -0.357 e. The van der Waals surface area contributed by atoms with E-state index in [1.54, 1.807) is 7.05 Å². The van der Waals surface area contributed by atoms with Crippen LogP contribution in [-0.4, -0.2) is 55.5 Å². The van der Waals surface area contributed by atoms with E-state index in [4.69, 9.17) is 4.99 Å². The Kier molecular flexibility index (Phi) is 10.1. The van der Waals surface area contributed by atoms with Crippen LogP contribution in [0.5, 0.6) is 0 Å². The van der Waals surface area contributed by atoms with E-state index in [-0.39, 0.29) is 29.9 Å². The van der Waals surface area contributed by atoms with Crippen LogP contribution in [0, 0.1) is 5.92 Å². The van der Waals surface area contributed by atoms with Gasteiger partial charge in [-0.2, -0.15) is 0 Å². The third-order valence-corrected chi connectivity index (χ3v) is 4.87. The zero-order chi connectivity index (χ0) is 19.1. The molecule has 1 amide bonds. The number of amides is 1.